The van der Waals surface area contributed by atoms with Gasteiger partial charge in [0.2, 0.25) is 11.8 Å². The van der Waals surface area contributed by atoms with E-state index in [0.717, 1.165) is 35.0 Å². The van der Waals surface area contributed by atoms with Crippen LogP contribution in [0.5, 0.6) is 5.88 Å². The highest BCUT2D eigenvalue weighted by Crippen LogP contribution is 2.44. The van der Waals surface area contributed by atoms with Gasteiger partial charge in [-0.05, 0) is 42.5 Å². The van der Waals surface area contributed by atoms with E-state index >= 15 is 0 Å². The molecule has 0 atom stereocenters. The Labute approximate surface area is 194 Å². The fourth-order valence-corrected chi connectivity index (χ4v) is 4.82. The summed E-state index contributed by atoms with van der Waals surface area (Å²) in [6, 6.07) is 9.49. The monoisotopic (exact) mass is 449 g/mol. The number of carbonyl (C=O) groups is 2. The van der Waals surface area contributed by atoms with E-state index in [1.54, 1.807) is 32.3 Å². The molecule has 1 aliphatic rings. The third kappa shape index (κ3) is 4.45. The Morgan fingerprint density at radius 2 is 1.85 bits per heavy atom. The van der Waals surface area contributed by atoms with Crippen LogP contribution in [0.2, 0.25) is 0 Å². The van der Waals surface area contributed by atoms with E-state index in [9.17, 15) is 9.59 Å². The van der Waals surface area contributed by atoms with Crippen molar-refractivity contribution in [1.82, 2.24) is 14.5 Å². The summed E-state index contributed by atoms with van der Waals surface area (Å²) in [6.07, 6.45) is 7.65. The van der Waals surface area contributed by atoms with Crippen LogP contribution in [0.15, 0.2) is 36.5 Å². The second kappa shape index (κ2) is 9.65. The summed E-state index contributed by atoms with van der Waals surface area (Å²) in [5, 5.41) is 1.08. The zero-order chi connectivity index (χ0) is 23.5. The van der Waals surface area contributed by atoms with Gasteiger partial charge in [0, 0.05) is 37.3 Å². The molecule has 0 unspecified atom stereocenters. The third-order valence-electron chi connectivity index (χ3n) is 6.55. The van der Waals surface area contributed by atoms with Gasteiger partial charge >= 0.3 is 5.97 Å². The van der Waals surface area contributed by atoms with Crippen molar-refractivity contribution in [3.8, 4) is 17.1 Å². The van der Waals surface area contributed by atoms with Crippen LogP contribution in [0.3, 0.4) is 0 Å². The summed E-state index contributed by atoms with van der Waals surface area (Å²) in [5.74, 6) is 0.514. The Hall–Kier alpha value is -3.35. The first-order chi connectivity index (χ1) is 15.9. The Morgan fingerprint density at radius 3 is 2.45 bits per heavy atom. The highest BCUT2D eigenvalue weighted by atomic mass is 16.5. The highest BCUT2D eigenvalue weighted by molar-refractivity contribution is 5.99. The van der Waals surface area contributed by atoms with Crippen molar-refractivity contribution in [3.05, 3.63) is 47.7 Å². The van der Waals surface area contributed by atoms with Crippen molar-refractivity contribution in [2.45, 2.75) is 44.6 Å². The van der Waals surface area contributed by atoms with Crippen molar-refractivity contribution in [2.75, 3.05) is 28.3 Å². The lowest BCUT2D eigenvalue weighted by molar-refractivity contribution is -0.129. The smallest absolute Gasteiger partial charge is 0.337 e. The second-order valence-electron chi connectivity index (χ2n) is 8.78. The minimum absolute atomic E-state index is 0.0201. The van der Waals surface area contributed by atoms with Gasteiger partial charge in [-0.1, -0.05) is 25.3 Å². The average Bonchev–Trinajstić information content (AvgIpc) is 3.17. The van der Waals surface area contributed by atoms with E-state index in [1.807, 2.05) is 34.9 Å². The van der Waals surface area contributed by atoms with E-state index in [1.165, 1.54) is 31.9 Å². The number of benzene rings is 1. The molecule has 1 saturated carbocycles. The van der Waals surface area contributed by atoms with E-state index in [4.69, 9.17) is 9.47 Å². The quantitative estimate of drug-likeness (QED) is 0.513. The molecule has 4 rings (SSSR count). The summed E-state index contributed by atoms with van der Waals surface area (Å²) in [5.41, 5.74) is 4.48. The number of pyridine rings is 1. The Bertz CT molecular complexity index is 1160. The lowest BCUT2D eigenvalue weighted by atomic mass is 9.82. The number of amides is 1. The fourth-order valence-electron chi connectivity index (χ4n) is 4.82. The standard InChI is InChI=1S/C26H31N3O4/c1-28(2)23(30)16-29-21-14-18(26(31)33-4)10-12-20(21)24(17-8-6-5-7-9-17)25(29)19-11-13-22(32-3)27-15-19/h10-15,17H,5-9,16H2,1-4H3. The number of fused-ring (bicyclic) bond motifs is 1. The maximum Gasteiger partial charge on any atom is 0.337 e. The lowest BCUT2D eigenvalue weighted by Gasteiger charge is -2.24. The predicted molar refractivity (Wildman–Crippen MR) is 128 cm³/mol. The molecule has 0 aliphatic heterocycles. The molecule has 174 valence electrons. The molecule has 2 aromatic heterocycles. The number of nitrogens with zero attached hydrogens (tertiary/aromatic N) is 3. The Balaban J connectivity index is 2.01. The van der Waals surface area contributed by atoms with Crippen LogP contribution in [-0.4, -0.2) is 54.6 Å². The number of rotatable bonds is 6. The predicted octanol–water partition coefficient (Wildman–Crippen LogP) is 4.63. The van der Waals surface area contributed by atoms with Gasteiger partial charge in [-0.25, -0.2) is 9.78 Å². The van der Waals surface area contributed by atoms with Crippen molar-refractivity contribution in [3.63, 3.8) is 0 Å². The highest BCUT2D eigenvalue weighted by Gasteiger charge is 2.28. The zero-order valence-electron chi connectivity index (χ0n) is 19.8. The minimum atomic E-state index is -0.393. The van der Waals surface area contributed by atoms with E-state index in [2.05, 4.69) is 4.98 Å². The number of esters is 1. The minimum Gasteiger partial charge on any atom is -0.481 e. The number of ether oxygens (including phenoxy) is 2. The van der Waals surface area contributed by atoms with Gasteiger partial charge in [0.15, 0.2) is 0 Å². The van der Waals surface area contributed by atoms with Crippen molar-refractivity contribution in [1.29, 1.82) is 0 Å². The number of methoxy groups -OCH3 is 2. The first-order valence-electron chi connectivity index (χ1n) is 11.4. The maximum absolute atomic E-state index is 12.9. The van der Waals surface area contributed by atoms with Crippen LogP contribution in [-0.2, 0) is 16.1 Å². The van der Waals surface area contributed by atoms with Gasteiger partial charge in [-0.2, -0.15) is 0 Å². The molecular weight excluding hydrogens is 418 g/mol. The molecule has 1 aromatic carbocycles. The number of likely N-dealkylation sites (N-methyl/N-ethyl adjacent to an activating group) is 1. The molecule has 2 heterocycles. The molecule has 1 amide bonds. The molecule has 0 radical (unpaired) electrons. The van der Waals surface area contributed by atoms with Crippen LogP contribution < -0.4 is 4.74 Å². The van der Waals surface area contributed by atoms with E-state index in [0.29, 0.717) is 17.4 Å². The van der Waals surface area contributed by atoms with Crippen molar-refractivity contribution in [2.24, 2.45) is 0 Å². The largest absolute Gasteiger partial charge is 0.481 e. The molecule has 0 spiro atoms. The van der Waals surface area contributed by atoms with Crippen LogP contribution in [0, 0.1) is 0 Å². The van der Waals surface area contributed by atoms with Gasteiger partial charge < -0.3 is 18.9 Å². The Kier molecular flexibility index (Phi) is 6.67. The topological polar surface area (TPSA) is 73.7 Å². The maximum atomic E-state index is 12.9. The van der Waals surface area contributed by atoms with Gasteiger partial charge in [-0.3, -0.25) is 4.79 Å². The number of hydrogen-bond acceptors (Lipinski definition) is 5. The lowest BCUT2D eigenvalue weighted by Crippen LogP contribution is -2.26. The molecule has 7 heteroatoms. The van der Waals surface area contributed by atoms with Gasteiger partial charge in [-0.15, -0.1) is 0 Å². The number of hydrogen-bond donors (Lipinski definition) is 0. The van der Waals surface area contributed by atoms with Crippen LogP contribution in [0.4, 0.5) is 0 Å². The van der Waals surface area contributed by atoms with Crippen molar-refractivity contribution < 1.29 is 19.1 Å². The molecule has 1 aliphatic carbocycles. The fraction of sp³-hybridized carbons (Fsp3) is 0.423. The molecule has 0 saturated heterocycles. The molecule has 33 heavy (non-hydrogen) atoms. The summed E-state index contributed by atoms with van der Waals surface area (Å²) in [4.78, 5) is 31.2. The molecule has 1 fully saturated rings. The van der Waals surface area contributed by atoms with Crippen molar-refractivity contribution >= 4 is 22.8 Å². The van der Waals surface area contributed by atoms with Gasteiger partial charge in [0.05, 0.1) is 31.0 Å². The molecule has 0 N–H and O–H groups in total. The SMILES string of the molecule is COC(=O)c1ccc2c(C3CCCCC3)c(-c3ccc(OC)nc3)n(CC(=O)N(C)C)c2c1. The summed E-state index contributed by atoms with van der Waals surface area (Å²) < 4.78 is 12.3. The molecular formula is C26H31N3O4. The van der Waals surface area contributed by atoms with Crippen LogP contribution in [0.1, 0.15) is 53.9 Å². The summed E-state index contributed by atoms with van der Waals surface area (Å²) in [6.45, 7) is 0.169. The Morgan fingerprint density at radius 1 is 1.09 bits per heavy atom. The first-order valence-corrected chi connectivity index (χ1v) is 11.4. The van der Waals surface area contributed by atoms with Gasteiger partial charge in [0.25, 0.3) is 0 Å². The van der Waals surface area contributed by atoms with Gasteiger partial charge in [0.1, 0.15) is 6.54 Å². The second-order valence-corrected chi connectivity index (χ2v) is 8.78. The van der Waals surface area contributed by atoms with E-state index in [-0.39, 0.29) is 12.5 Å². The van der Waals surface area contributed by atoms with Crippen LogP contribution in [0.25, 0.3) is 22.2 Å². The normalized spacial score (nSPS) is 14.3. The zero-order valence-corrected chi connectivity index (χ0v) is 19.8. The molecule has 3 aromatic rings. The average molecular weight is 450 g/mol. The molecule has 0 bridgehead atoms. The third-order valence-corrected chi connectivity index (χ3v) is 6.55. The van der Waals surface area contributed by atoms with E-state index < -0.39 is 5.97 Å². The number of carbonyl (C=O) groups excluding carboxylic acids is 2. The summed E-state index contributed by atoms with van der Waals surface area (Å²) in [7, 11) is 6.48. The van der Waals surface area contributed by atoms with Crippen LogP contribution >= 0.6 is 0 Å². The number of aromatic nitrogens is 2. The summed E-state index contributed by atoms with van der Waals surface area (Å²) >= 11 is 0. The first kappa shape index (κ1) is 22.8. The molecule has 7 nitrogen and oxygen atoms in total.